The van der Waals surface area contributed by atoms with Crippen LogP contribution in [0.1, 0.15) is 15.9 Å². The number of methoxy groups -OCH3 is 1. The van der Waals surface area contributed by atoms with E-state index in [0.717, 1.165) is 43.1 Å². The second-order valence-electron chi connectivity index (χ2n) is 6.50. The molecule has 2 atom stereocenters. The van der Waals surface area contributed by atoms with Crippen molar-refractivity contribution in [2.45, 2.75) is 13.0 Å². The molecule has 1 amide bonds. The van der Waals surface area contributed by atoms with Gasteiger partial charge in [0.25, 0.3) is 12.4 Å². The van der Waals surface area contributed by atoms with E-state index in [0.29, 0.717) is 12.5 Å². The van der Waals surface area contributed by atoms with Gasteiger partial charge in [-0.05, 0) is 37.7 Å². The van der Waals surface area contributed by atoms with Gasteiger partial charge >= 0.3 is 0 Å². The van der Waals surface area contributed by atoms with Crippen LogP contribution < -0.4 is 4.74 Å². The fraction of sp³-hybridized carbons (Fsp3) is 0.556. The molecule has 1 aromatic rings. The number of amides is 1. The molecule has 2 fully saturated rings. The molecule has 2 saturated heterocycles. The third-order valence-electron chi connectivity index (χ3n) is 4.67. The molecule has 0 aliphatic carbocycles. The lowest BCUT2D eigenvalue weighted by atomic mass is 10.1. The Balaban J connectivity index is 0.000000701. The number of carboxylic acid groups (broad SMARTS) is 1. The molecule has 0 aromatic heterocycles. The molecule has 7 nitrogen and oxygen atoms in total. The Labute approximate surface area is 148 Å². The van der Waals surface area contributed by atoms with E-state index in [1.165, 1.54) is 0 Å². The van der Waals surface area contributed by atoms with Crippen molar-refractivity contribution in [1.29, 1.82) is 0 Å². The first-order valence-corrected chi connectivity index (χ1v) is 8.29. The number of nitrogens with zero attached hydrogens (tertiary/aromatic N) is 2. The minimum absolute atomic E-state index is 0.109. The van der Waals surface area contributed by atoms with Crippen molar-refractivity contribution in [2.24, 2.45) is 5.92 Å². The zero-order chi connectivity index (χ0) is 18.4. The second kappa shape index (κ2) is 8.82. The topological polar surface area (TPSA) is 79.3 Å². The van der Waals surface area contributed by atoms with E-state index in [1.807, 2.05) is 30.0 Å². The fourth-order valence-corrected chi connectivity index (χ4v) is 3.41. The first-order valence-electron chi connectivity index (χ1n) is 8.29. The molecule has 1 N–H and O–H groups in total. The average molecular weight is 350 g/mol. The Hall–Kier alpha value is -2.12. The number of hydrogen-bond acceptors (Lipinski definition) is 5. The predicted molar refractivity (Wildman–Crippen MR) is 93.1 cm³/mol. The molecule has 3 rings (SSSR count). The highest BCUT2D eigenvalue weighted by molar-refractivity contribution is 5.94. The van der Waals surface area contributed by atoms with E-state index in [-0.39, 0.29) is 18.4 Å². The van der Waals surface area contributed by atoms with Gasteiger partial charge in [0.1, 0.15) is 5.75 Å². The summed E-state index contributed by atoms with van der Waals surface area (Å²) in [5.41, 5.74) is 1.73. The van der Waals surface area contributed by atoms with Crippen LogP contribution in [0, 0.1) is 12.8 Å². The predicted octanol–water partition coefficient (Wildman–Crippen LogP) is 1.11. The van der Waals surface area contributed by atoms with Gasteiger partial charge in [-0.1, -0.05) is 0 Å². The van der Waals surface area contributed by atoms with Crippen LogP contribution in [-0.4, -0.2) is 80.3 Å². The Morgan fingerprint density at radius 2 is 2.04 bits per heavy atom. The van der Waals surface area contributed by atoms with Crippen LogP contribution in [0.2, 0.25) is 0 Å². The van der Waals surface area contributed by atoms with Crippen molar-refractivity contribution >= 4 is 12.4 Å². The van der Waals surface area contributed by atoms with Crippen LogP contribution in [0.5, 0.6) is 5.75 Å². The monoisotopic (exact) mass is 350 g/mol. The van der Waals surface area contributed by atoms with Crippen LogP contribution >= 0.6 is 0 Å². The van der Waals surface area contributed by atoms with Crippen molar-refractivity contribution in [1.82, 2.24) is 9.80 Å². The van der Waals surface area contributed by atoms with Gasteiger partial charge < -0.3 is 19.5 Å². The number of rotatable bonds is 2. The molecule has 7 heteroatoms. The standard InChI is InChI=1S/C17H24N2O3.CH2O2/c1-12-6-14(4-5-16(12)21-3)17(20)19-8-13-7-18(2)15(9-19)11-22-10-13;2-1-3/h4-6,13,15H,7-11H2,1-3H3;1H,(H,2,3)/t13-,15+;/m1./s1. The molecule has 2 aliphatic rings. The molecule has 2 bridgehead atoms. The molecular formula is C18H26N2O5. The largest absolute Gasteiger partial charge is 0.496 e. The number of carbonyl (C=O) groups is 2. The number of hydrogen-bond donors (Lipinski definition) is 1. The minimum atomic E-state index is -0.250. The summed E-state index contributed by atoms with van der Waals surface area (Å²) in [6, 6.07) is 5.93. The lowest BCUT2D eigenvalue weighted by molar-refractivity contribution is -0.122. The molecule has 2 aliphatic heterocycles. The Kier molecular flexibility index (Phi) is 6.78. The molecule has 0 spiro atoms. The van der Waals surface area contributed by atoms with Gasteiger partial charge in [-0.25, -0.2) is 0 Å². The van der Waals surface area contributed by atoms with Crippen LogP contribution in [-0.2, 0) is 9.53 Å². The van der Waals surface area contributed by atoms with Gasteiger partial charge in [-0.15, -0.1) is 0 Å². The highest BCUT2D eigenvalue weighted by Crippen LogP contribution is 2.23. The average Bonchev–Trinajstić information content (AvgIpc) is 2.83. The van der Waals surface area contributed by atoms with E-state index in [1.54, 1.807) is 7.11 Å². The summed E-state index contributed by atoms with van der Waals surface area (Å²) in [7, 11) is 3.77. The molecule has 0 radical (unpaired) electrons. The van der Waals surface area contributed by atoms with Crippen molar-refractivity contribution < 1.29 is 24.2 Å². The highest BCUT2D eigenvalue weighted by atomic mass is 16.5. The van der Waals surface area contributed by atoms with Crippen molar-refractivity contribution in [3.63, 3.8) is 0 Å². The van der Waals surface area contributed by atoms with Crippen LogP contribution in [0.15, 0.2) is 18.2 Å². The van der Waals surface area contributed by atoms with Crippen molar-refractivity contribution in [2.75, 3.05) is 47.0 Å². The number of fused-ring (bicyclic) bond motifs is 3. The number of aryl methyl sites for hydroxylation is 1. The molecule has 138 valence electrons. The molecule has 0 saturated carbocycles. The van der Waals surface area contributed by atoms with Gasteiger partial charge in [-0.3, -0.25) is 14.5 Å². The van der Waals surface area contributed by atoms with Gasteiger partial charge in [0.15, 0.2) is 0 Å². The van der Waals surface area contributed by atoms with E-state index in [4.69, 9.17) is 19.4 Å². The maximum Gasteiger partial charge on any atom is 0.290 e. The zero-order valence-corrected chi connectivity index (χ0v) is 15.0. The maximum absolute atomic E-state index is 12.9. The number of ether oxygens (including phenoxy) is 2. The van der Waals surface area contributed by atoms with Gasteiger partial charge in [0.2, 0.25) is 0 Å². The quantitative estimate of drug-likeness (QED) is 0.805. The minimum Gasteiger partial charge on any atom is -0.496 e. The van der Waals surface area contributed by atoms with E-state index in [2.05, 4.69) is 11.9 Å². The summed E-state index contributed by atoms with van der Waals surface area (Å²) >= 11 is 0. The number of benzene rings is 1. The zero-order valence-electron chi connectivity index (χ0n) is 15.0. The normalized spacial score (nSPS) is 23.1. The molecule has 0 unspecified atom stereocenters. The fourth-order valence-electron chi connectivity index (χ4n) is 3.41. The summed E-state index contributed by atoms with van der Waals surface area (Å²) < 4.78 is 11.0. The summed E-state index contributed by atoms with van der Waals surface area (Å²) in [5.74, 6) is 1.32. The molecule has 25 heavy (non-hydrogen) atoms. The first-order chi connectivity index (χ1) is 12.0. The molecule has 1 aromatic carbocycles. The number of carbonyl (C=O) groups excluding carboxylic acids is 1. The van der Waals surface area contributed by atoms with Crippen LogP contribution in [0.4, 0.5) is 0 Å². The highest BCUT2D eigenvalue weighted by Gasteiger charge is 2.33. The summed E-state index contributed by atoms with van der Waals surface area (Å²) in [5, 5.41) is 6.89. The van der Waals surface area contributed by atoms with Gasteiger partial charge in [0, 0.05) is 31.1 Å². The van der Waals surface area contributed by atoms with Crippen LogP contribution in [0.25, 0.3) is 0 Å². The molecular weight excluding hydrogens is 324 g/mol. The summed E-state index contributed by atoms with van der Waals surface area (Å²) in [6.07, 6.45) is 0. The SMILES string of the molecule is COc1ccc(C(=O)N2C[C@@H]3COC[C@H](C2)N(C)C3)cc1C.O=CO. The third-order valence-corrected chi connectivity index (χ3v) is 4.67. The van der Waals surface area contributed by atoms with Gasteiger partial charge in [0.05, 0.1) is 26.4 Å². The van der Waals surface area contributed by atoms with Crippen molar-refractivity contribution in [3.8, 4) is 5.75 Å². The summed E-state index contributed by atoms with van der Waals surface area (Å²) in [4.78, 5) is 25.5. The van der Waals surface area contributed by atoms with E-state index in [9.17, 15) is 4.79 Å². The van der Waals surface area contributed by atoms with Gasteiger partial charge in [-0.2, -0.15) is 0 Å². The van der Waals surface area contributed by atoms with E-state index < -0.39 is 0 Å². The Morgan fingerprint density at radius 3 is 2.68 bits per heavy atom. The summed E-state index contributed by atoms with van der Waals surface area (Å²) in [6.45, 7) is 5.66. The van der Waals surface area contributed by atoms with Crippen LogP contribution in [0.3, 0.4) is 0 Å². The van der Waals surface area contributed by atoms with Crippen molar-refractivity contribution in [3.05, 3.63) is 29.3 Å². The maximum atomic E-state index is 12.9. The second-order valence-corrected chi connectivity index (χ2v) is 6.50. The number of likely N-dealkylation sites (N-methyl/N-ethyl adjacent to an activating group) is 1. The third kappa shape index (κ3) is 4.70. The Bertz CT molecular complexity index is 607. The first kappa shape index (κ1) is 19.2. The Morgan fingerprint density at radius 1 is 1.32 bits per heavy atom. The lowest BCUT2D eigenvalue weighted by Gasteiger charge is -2.30. The molecule has 2 heterocycles. The smallest absolute Gasteiger partial charge is 0.290 e. The lowest BCUT2D eigenvalue weighted by Crippen LogP contribution is -2.44. The van der Waals surface area contributed by atoms with E-state index >= 15 is 0 Å².